The number of benzene rings is 1. The van der Waals surface area contributed by atoms with E-state index in [2.05, 4.69) is 52.7 Å². The summed E-state index contributed by atoms with van der Waals surface area (Å²) in [4.78, 5) is 9.05. The maximum atomic E-state index is 6.20. The monoisotopic (exact) mass is 338 g/mol. The van der Waals surface area contributed by atoms with Crippen molar-refractivity contribution in [3.8, 4) is 11.4 Å². The summed E-state index contributed by atoms with van der Waals surface area (Å²) in [5.41, 5.74) is 4.45. The molecule has 0 spiro atoms. The molecule has 0 fully saturated rings. The van der Waals surface area contributed by atoms with Gasteiger partial charge in [0.05, 0.1) is 10.2 Å². The van der Waals surface area contributed by atoms with Gasteiger partial charge in [0.15, 0.2) is 5.82 Å². The summed E-state index contributed by atoms with van der Waals surface area (Å²) < 4.78 is 0.810. The van der Waals surface area contributed by atoms with Crippen LogP contribution in [0.1, 0.15) is 30.2 Å². The number of rotatable bonds is 3. The first-order valence-electron chi connectivity index (χ1n) is 6.33. The van der Waals surface area contributed by atoms with E-state index >= 15 is 0 Å². The van der Waals surface area contributed by atoms with Gasteiger partial charge in [0.25, 0.3) is 0 Å². The number of nitrogens with zero attached hydrogens (tertiary/aromatic N) is 2. The highest BCUT2D eigenvalue weighted by atomic mass is 79.9. The van der Waals surface area contributed by atoms with Crippen LogP contribution < -0.4 is 0 Å². The first kappa shape index (κ1) is 14.5. The molecule has 0 saturated carbocycles. The van der Waals surface area contributed by atoms with Gasteiger partial charge in [-0.1, -0.05) is 43.1 Å². The number of aryl methyl sites for hydroxylation is 2. The van der Waals surface area contributed by atoms with Crippen LogP contribution in [0.3, 0.4) is 0 Å². The van der Waals surface area contributed by atoms with E-state index in [1.165, 1.54) is 11.1 Å². The lowest BCUT2D eigenvalue weighted by Gasteiger charge is -2.10. The van der Waals surface area contributed by atoms with Gasteiger partial charge in [0, 0.05) is 5.56 Å². The zero-order valence-electron chi connectivity index (χ0n) is 11.3. The third-order valence-electron chi connectivity index (χ3n) is 3.21. The Morgan fingerprint density at radius 2 is 1.95 bits per heavy atom. The lowest BCUT2D eigenvalue weighted by Crippen LogP contribution is -2.00. The predicted molar refractivity (Wildman–Crippen MR) is 83.6 cm³/mol. The van der Waals surface area contributed by atoms with Gasteiger partial charge in [0.2, 0.25) is 0 Å². The second-order valence-electron chi connectivity index (χ2n) is 4.60. The molecule has 0 saturated heterocycles. The summed E-state index contributed by atoms with van der Waals surface area (Å²) in [6.07, 6.45) is 1.92. The van der Waals surface area contributed by atoms with Crippen LogP contribution in [0.5, 0.6) is 0 Å². The van der Waals surface area contributed by atoms with Gasteiger partial charge in [-0.2, -0.15) is 0 Å². The largest absolute Gasteiger partial charge is 0.232 e. The molecule has 0 aliphatic rings. The minimum Gasteiger partial charge on any atom is -0.232 e. The minimum absolute atomic E-state index is 0.481. The van der Waals surface area contributed by atoms with Crippen LogP contribution in [0.25, 0.3) is 11.4 Å². The lowest BCUT2D eigenvalue weighted by molar-refractivity contribution is 0.867. The van der Waals surface area contributed by atoms with Crippen LogP contribution in [-0.2, 0) is 6.42 Å². The summed E-state index contributed by atoms with van der Waals surface area (Å²) >= 11 is 9.66. The predicted octanol–water partition coefficient (Wildman–Crippen LogP) is 5.13. The molecular formula is C15H16BrClN2. The van der Waals surface area contributed by atoms with Gasteiger partial charge >= 0.3 is 0 Å². The van der Waals surface area contributed by atoms with Crippen molar-refractivity contribution >= 4 is 27.5 Å². The van der Waals surface area contributed by atoms with Crippen molar-refractivity contribution in [1.82, 2.24) is 9.97 Å². The first-order valence-corrected chi connectivity index (χ1v) is 7.50. The highest BCUT2D eigenvalue weighted by Gasteiger charge is 2.13. The molecule has 2 aromatic rings. The summed E-state index contributed by atoms with van der Waals surface area (Å²) in [5, 5.41) is 0.481. The molecule has 1 heterocycles. The molecule has 1 aromatic carbocycles. The zero-order valence-corrected chi connectivity index (χ0v) is 13.6. The molecule has 4 heteroatoms. The summed E-state index contributed by atoms with van der Waals surface area (Å²) in [6.45, 7) is 6.30. The smallest absolute Gasteiger partial charge is 0.161 e. The van der Waals surface area contributed by atoms with Crippen LogP contribution in [0.2, 0.25) is 5.15 Å². The van der Waals surface area contributed by atoms with Gasteiger partial charge in [-0.15, -0.1) is 0 Å². The van der Waals surface area contributed by atoms with Crippen LogP contribution in [-0.4, -0.2) is 9.97 Å². The summed E-state index contributed by atoms with van der Waals surface area (Å²) in [7, 11) is 0. The topological polar surface area (TPSA) is 25.8 Å². The highest BCUT2D eigenvalue weighted by Crippen LogP contribution is 2.29. The third-order valence-corrected chi connectivity index (χ3v) is 4.55. The second kappa shape index (κ2) is 6.02. The molecule has 2 nitrogen and oxygen atoms in total. The molecule has 0 radical (unpaired) electrons. The fraction of sp³-hybridized carbons (Fsp3) is 0.333. The SMILES string of the molecule is CCCc1nc(-c2cccc(C)c2C)nc(Cl)c1Br. The Hall–Kier alpha value is -0.930. The summed E-state index contributed by atoms with van der Waals surface area (Å²) in [6, 6.07) is 6.15. The van der Waals surface area contributed by atoms with Gasteiger partial charge in [0.1, 0.15) is 5.15 Å². The average Bonchev–Trinajstić information content (AvgIpc) is 2.38. The quantitative estimate of drug-likeness (QED) is 0.725. The van der Waals surface area contributed by atoms with Crippen molar-refractivity contribution < 1.29 is 0 Å². The Labute approximate surface area is 127 Å². The Morgan fingerprint density at radius 3 is 2.63 bits per heavy atom. The van der Waals surface area contributed by atoms with Gasteiger partial charge in [-0.3, -0.25) is 0 Å². The van der Waals surface area contributed by atoms with Crippen molar-refractivity contribution in [3.05, 3.63) is 44.6 Å². The number of hydrogen-bond acceptors (Lipinski definition) is 2. The molecule has 0 bridgehead atoms. The van der Waals surface area contributed by atoms with Crippen molar-refractivity contribution in [2.45, 2.75) is 33.6 Å². The zero-order chi connectivity index (χ0) is 14.0. The van der Waals surface area contributed by atoms with Crippen molar-refractivity contribution in [3.63, 3.8) is 0 Å². The Bertz CT molecular complexity index is 611. The molecular weight excluding hydrogens is 324 g/mol. The fourth-order valence-electron chi connectivity index (χ4n) is 1.98. The third kappa shape index (κ3) is 2.98. The van der Waals surface area contributed by atoms with E-state index in [0.29, 0.717) is 11.0 Å². The fourth-order valence-corrected chi connectivity index (χ4v) is 2.54. The summed E-state index contributed by atoms with van der Waals surface area (Å²) in [5.74, 6) is 0.706. The Kier molecular flexibility index (Phi) is 4.58. The normalized spacial score (nSPS) is 10.8. The van der Waals surface area contributed by atoms with E-state index in [-0.39, 0.29) is 0 Å². The molecule has 100 valence electrons. The Morgan fingerprint density at radius 1 is 1.21 bits per heavy atom. The van der Waals surface area contributed by atoms with Gasteiger partial charge in [-0.05, 0) is 47.3 Å². The molecule has 0 unspecified atom stereocenters. The van der Waals surface area contributed by atoms with Crippen LogP contribution in [0, 0.1) is 13.8 Å². The molecule has 0 N–H and O–H groups in total. The van der Waals surface area contributed by atoms with Crippen LogP contribution in [0.15, 0.2) is 22.7 Å². The first-order chi connectivity index (χ1) is 9.04. The van der Waals surface area contributed by atoms with E-state index in [9.17, 15) is 0 Å². The van der Waals surface area contributed by atoms with E-state index in [1.807, 2.05) is 12.1 Å². The molecule has 0 aliphatic carbocycles. The Balaban J connectivity index is 2.59. The van der Waals surface area contributed by atoms with Crippen molar-refractivity contribution in [2.24, 2.45) is 0 Å². The number of aromatic nitrogens is 2. The standard InChI is InChI=1S/C15H16BrClN2/c1-4-6-12-13(16)14(17)19-15(18-12)11-8-5-7-9(2)10(11)3/h5,7-8H,4,6H2,1-3H3. The maximum absolute atomic E-state index is 6.20. The number of halogens is 2. The molecule has 0 amide bonds. The van der Waals surface area contributed by atoms with E-state index in [1.54, 1.807) is 0 Å². The van der Waals surface area contributed by atoms with Crippen molar-refractivity contribution in [2.75, 3.05) is 0 Å². The van der Waals surface area contributed by atoms with E-state index in [0.717, 1.165) is 28.6 Å². The molecule has 0 aliphatic heterocycles. The molecule has 0 atom stereocenters. The molecule has 2 rings (SSSR count). The second-order valence-corrected chi connectivity index (χ2v) is 5.75. The lowest BCUT2D eigenvalue weighted by atomic mass is 10.0. The van der Waals surface area contributed by atoms with Gasteiger partial charge < -0.3 is 0 Å². The van der Waals surface area contributed by atoms with Crippen LogP contribution >= 0.6 is 27.5 Å². The highest BCUT2D eigenvalue weighted by molar-refractivity contribution is 9.10. The molecule has 19 heavy (non-hydrogen) atoms. The average molecular weight is 340 g/mol. The van der Waals surface area contributed by atoms with E-state index < -0.39 is 0 Å². The number of hydrogen-bond donors (Lipinski definition) is 0. The molecule has 1 aromatic heterocycles. The minimum atomic E-state index is 0.481. The van der Waals surface area contributed by atoms with Crippen LogP contribution in [0.4, 0.5) is 0 Å². The van der Waals surface area contributed by atoms with Crippen molar-refractivity contribution in [1.29, 1.82) is 0 Å². The van der Waals surface area contributed by atoms with Gasteiger partial charge in [-0.25, -0.2) is 9.97 Å². The maximum Gasteiger partial charge on any atom is 0.161 e. The van der Waals surface area contributed by atoms with E-state index in [4.69, 9.17) is 11.6 Å².